The van der Waals surface area contributed by atoms with Gasteiger partial charge in [-0.05, 0) is 0 Å². The van der Waals surface area contributed by atoms with Crippen LogP contribution in [-0.4, -0.2) is 20.4 Å². The molecule has 42 valence electrons. The van der Waals surface area contributed by atoms with E-state index in [0.29, 0.717) is 0 Å². The molecule has 0 amide bonds. The summed E-state index contributed by atoms with van der Waals surface area (Å²) in [4.78, 5) is 0. The smallest absolute Gasteiger partial charge is 1.00 e. The van der Waals surface area contributed by atoms with Crippen molar-refractivity contribution in [3.8, 4) is 0 Å². The van der Waals surface area contributed by atoms with Crippen LogP contribution in [0.1, 0.15) is 13.8 Å². The van der Waals surface area contributed by atoms with Crippen LogP contribution in [0.2, 0.25) is 0 Å². The minimum atomic E-state index is 0. The summed E-state index contributed by atoms with van der Waals surface area (Å²) in [5.41, 5.74) is 0. The van der Waals surface area contributed by atoms with E-state index in [2.05, 4.69) is 29.0 Å². The van der Waals surface area contributed by atoms with Crippen LogP contribution in [0, 0.1) is 0 Å². The maximum atomic E-state index is 2.61. The first-order chi connectivity index (χ1) is 2.27. The third-order valence-electron chi connectivity index (χ3n) is 0.272. The van der Waals surface area contributed by atoms with Crippen molar-refractivity contribution >= 4 is 25.3 Å². The maximum Gasteiger partial charge on any atom is -1.00 e. The Hall–Kier alpha value is 1.46. The van der Waals surface area contributed by atoms with Crippen molar-refractivity contribution in [2.45, 2.75) is 19.1 Å². The number of hydrogen-bond acceptors (Lipinski definition) is 1. The van der Waals surface area contributed by atoms with Crippen LogP contribution in [0.3, 0.4) is 0 Å². The average Bonchev–Trinajstić information content (AvgIpc) is 1.38. The van der Waals surface area contributed by atoms with Crippen LogP contribution in [0.15, 0.2) is 0 Å². The van der Waals surface area contributed by atoms with Crippen molar-refractivity contribution in [1.29, 1.82) is 0 Å². The minimum Gasteiger partial charge on any atom is -1.00 e. The molecule has 0 aliphatic carbocycles. The molecule has 0 saturated heterocycles. The summed E-state index contributed by atoms with van der Waals surface area (Å²) in [5, 5.41) is 0.764. The standard InChI is InChI=1S/C3H8S.Al.2ClH/c1-3(2)4;;;/h3-4H,1-2H3;;2*1H/q;+3;;/p-3. The molecule has 0 fully saturated rings. The van der Waals surface area contributed by atoms with E-state index in [1.54, 1.807) is 10.1 Å². The van der Waals surface area contributed by atoms with Gasteiger partial charge in [0.05, 0.1) is 0 Å². The van der Waals surface area contributed by atoms with Crippen LogP contribution in [-0.2, 0) is 0 Å². The van der Waals surface area contributed by atoms with E-state index < -0.39 is 0 Å². The molecule has 0 N–H and O–H groups in total. The molecule has 0 rings (SSSR count). The van der Waals surface area contributed by atoms with Gasteiger partial charge >= 0.3 is 44.4 Å². The summed E-state index contributed by atoms with van der Waals surface area (Å²) in [7, 11) is 1.80. The summed E-state index contributed by atoms with van der Waals surface area (Å²) >= 11 is 2.61. The zero-order chi connectivity index (χ0) is 4.28. The fraction of sp³-hybridized carbons (Fsp3) is 1.00. The molecular formula is C3H7AlCl2S. The number of hydrogen-bond donors (Lipinski definition) is 0. The van der Waals surface area contributed by atoms with Crippen molar-refractivity contribution < 1.29 is 24.8 Å². The molecule has 0 atom stereocenters. The van der Waals surface area contributed by atoms with Gasteiger partial charge in [0.1, 0.15) is 0 Å². The Bertz CT molecular complexity index is 26.9. The predicted molar refractivity (Wildman–Crippen MR) is 28.5 cm³/mol. The molecule has 0 aromatic rings. The molecule has 0 aliphatic heterocycles. The largest absolute Gasteiger partial charge is 1.00 e. The van der Waals surface area contributed by atoms with Gasteiger partial charge in [-0.2, -0.15) is 0 Å². The molecule has 4 heteroatoms. The quantitative estimate of drug-likeness (QED) is 0.359. The van der Waals surface area contributed by atoms with Crippen molar-refractivity contribution in [3.63, 3.8) is 0 Å². The molecule has 0 radical (unpaired) electrons. The van der Waals surface area contributed by atoms with Crippen molar-refractivity contribution in [2.24, 2.45) is 0 Å². The Morgan fingerprint density at radius 3 is 1.43 bits per heavy atom. The molecule has 0 aromatic carbocycles. The van der Waals surface area contributed by atoms with Crippen molar-refractivity contribution in [1.82, 2.24) is 0 Å². The Kier molecular flexibility index (Phi) is 23.6. The number of rotatable bonds is 1. The molecule has 0 nitrogen and oxygen atoms in total. The summed E-state index contributed by atoms with van der Waals surface area (Å²) < 4.78 is 0. The Balaban J connectivity index is -0.0000000800. The van der Waals surface area contributed by atoms with E-state index in [1.807, 2.05) is 0 Å². The van der Waals surface area contributed by atoms with E-state index in [-0.39, 0.29) is 24.8 Å². The molecular weight excluding hydrogens is 166 g/mol. The minimum absolute atomic E-state index is 0. The summed E-state index contributed by atoms with van der Waals surface area (Å²) in [6.07, 6.45) is 0. The second-order valence-electron chi connectivity index (χ2n) is 1.18. The molecule has 0 aromatic heterocycles. The molecule has 0 unspecified atom stereocenters. The summed E-state index contributed by atoms with van der Waals surface area (Å²) in [6.45, 7) is 4.33. The fourth-order valence-corrected chi connectivity index (χ4v) is 0. The van der Waals surface area contributed by atoms with Gasteiger partial charge in [0, 0.05) is 0 Å². The second kappa shape index (κ2) is 10.4. The third-order valence-corrected chi connectivity index (χ3v) is 2.45. The van der Waals surface area contributed by atoms with Gasteiger partial charge < -0.3 is 24.8 Å². The normalized spacial score (nSPS) is 7.00. The summed E-state index contributed by atoms with van der Waals surface area (Å²) in [6, 6.07) is 0. The number of halogens is 2. The van der Waals surface area contributed by atoms with Gasteiger partial charge in [-0.25, -0.2) is 0 Å². The van der Waals surface area contributed by atoms with Crippen molar-refractivity contribution in [3.05, 3.63) is 0 Å². The molecule has 0 spiro atoms. The van der Waals surface area contributed by atoms with E-state index in [9.17, 15) is 0 Å². The second-order valence-corrected chi connectivity index (χ2v) is 3.22. The molecule has 7 heavy (non-hydrogen) atoms. The first kappa shape index (κ1) is 15.8. The molecule has 0 heterocycles. The van der Waals surface area contributed by atoms with Crippen LogP contribution >= 0.6 is 10.1 Å². The first-order valence-electron chi connectivity index (χ1n) is 1.63. The van der Waals surface area contributed by atoms with Gasteiger partial charge in [0.2, 0.25) is 0 Å². The monoisotopic (exact) mass is 172 g/mol. The van der Waals surface area contributed by atoms with Gasteiger partial charge in [-0.15, -0.1) is 0 Å². The van der Waals surface area contributed by atoms with Crippen LogP contribution in [0.4, 0.5) is 0 Å². The summed E-state index contributed by atoms with van der Waals surface area (Å²) in [5.74, 6) is 0. The molecule has 0 bridgehead atoms. The van der Waals surface area contributed by atoms with Crippen LogP contribution in [0.25, 0.3) is 0 Å². The topological polar surface area (TPSA) is 0 Å². The van der Waals surface area contributed by atoms with E-state index in [4.69, 9.17) is 0 Å². The van der Waals surface area contributed by atoms with Gasteiger partial charge in [0.15, 0.2) is 0 Å². The third kappa shape index (κ3) is 18.6. The van der Waals surface area contributed by atoms with Crippen molar-refractivity contribution in [2.75, 3.05) is 0 Å². The zero-order valence-corrected chi connectivity index (χ0v) is 7.80. The van der Waals surface area contributed by atoms with Gasteiger partial charge in [-0.1, -0.05) is 0 Å². The van der Waals surface area contributed by atoms with E-state index in [1.165, 1.54) is 0 Å². The molecule has 0 aliphatic rings. The van der Waals surface area contributed by atoms with Crippen LogP contribution < -0.4 is 24.8 Å². The van der Waals surface area contributed by atoms with Gasteiger partial charge in [0.25, 0.3) is 0 Å². The predicted octanol–water partition coefficient (Wildman–Crippen LogP) is -4.78. The Morgan fingerprint density at radius 1 is 1.29 bits per heavy atom. The first-order valence-corrected chi connectivity index (χ1v) is 3.98. The fourth-order valence-electron chi connectivity index (χ4n) is 0. The van der Waals surface area contributed by atoms with E-state index >= 15 is 0 Å². The Labute approximate surface area is 69.1 Å². The molecule has 0 saturated carbocycles. The maximum absolute atomic E-state index is 2.61. The Morgan fingerprint density at radius 2 is 1.43 bits per heavy atom. The van der Waals surface area contributed by atoms with Crippen LogP contribution in [0.5, 0.6) is 0 Å². The SMILES string of the molecule is CC(C)[S][Al+2].[Cl-].[Cl-]. The average molecular weight is 173 g/mol. The zero-order valence-electron chi connectivity index (χ0n) is 4.32. The van der Waals surface area contributed by atoms with Gasteiger partial charge in [-0.3, -0.25) is 0 Å². The van der Waals surface area contributed by atoms with E-state index in [0.717, 1.165) is 5.25 Å².